The fraction of sp³-hybridized carbons (Fsp3) is 0.647. The summed E-state index contributed by atoms with van der Waals surface area (Å²) in [7, 11) is 1.45. The molecule has 116 valence electrons. The van der Waals surface area contributed by atoms with Crippen molar-refractivity contribution in [2.24, 2.45) is 0 Å². The van der Waals surface area contributed by atoms with E-state index >= 15 is 0 Å². The highest BCUT2D eigenvalue weighted by atomic mass is 127. The number of esters is 1. The molecule has 0 amide bonds. The highest BCUT2D eigenvalue weighted by Gasteiger charge is 2.16. The van der Waals surface area contributed by atoms with Crippen LogP contribution in [0.15, 0.2) is 6.07 Å². The van der Waals surface area contributed by atoms with Gasteiger partial charge >= 0.3 is 5.97 Å². The molecule has 0 saturated heterocycles. The molecule has 0 saturated carbocycles. The highest BCUT2D eigenvalue weighted by Crippen LogP contribution is 2.22. The van der Waals surface area contributed by atoms with E-state index in [9.17, 15) is 4.79 Å². The van der Waals surface area contributed by atoms with E-state index in [0.717, 1.165) is 28.7 Å². The molecule has 0 atom stereocenters. The van der Waals surface area contributed by atoms with E-state index in [1.807, 2.05) is 6.07 Å². The lowest BCUT2D eigenvalue weighted by Crippen LogP contribution is -2.11. The van der Waals surface area contributed by atoms with Crippen molar-refractivity contribution in [3.8, 4) is 0 Å². The number of hydrogen-bond acceptors (Lipinski definition) is 3. The number of fused-ring (bicyclic) bond motifs is 11. The Kier molecular flexibility index (Phi) is 6.93. The highest BCUT2D eigenvalue weighted by molar-refractivity contribution is 14.1. The third-order valence-corrected chi connectivity index (χ3v) is 5.08. The summed E-state index contributed by atoms with van der Waals surface area (Å²) >= 11 is 2.30. The predicted molar refractivity (Wildman–Crippen MR) is 92.6 cm³/mol. The van der Waals surface area contributed by atoms with Gasteiger partial charge in [0.25, 0.3) is 0 Å². The zero-order chi connectivity index (χ0) is 15.1. The maximum atomic E-state index is 12.0. The van der Waals surface area contributed by atoms with Crippen LogP contribution in [0.2, 0.25) is 0 Å². The van der Waals surface area contributed by atoms with Crippen LogP contribution < -0.4 is 0 Å². The number of pyridine rings is 1. The van der Waals surface area contributed by atoms with E-state index in [0.29, 0.717) is 5.56 Å². The fourth-order valence-corrected chi connectivity index (χ4v) is 3.61. The van der Waals surface area contributed by atoms with E-state index in [-0.39, 0.29) is 5.97 Å². The van der Waals surface area contributed by atoms with Crippen molar-refractivity contribution in [3.63, 3.8) is 0 Å². The molecule has 3 rings (SSSR count). The van der Waals surface area contributed by atoms with Gasteiger partial charge in [0.15, 0.2) is 0 Å². The van der Waals surface area contributed by atoms with E-state index in [1.165, 1.54) is 57.6 Å². The number of ether oxygens (including phenoxy) is 1. The predicted octanol–water partition coefficient (Wildman–Crippen LogP) is 4.69. The molecular weight excluding hydrogens is 377 g/mol. The molecule has 1 aliphatic carbocycles. The summed E-state index contributed by atoms with van der Waals surface area (Å²) in [5.41, 5.74) is 2.77. The quantitative estimate of drug-likeness (QED) is 0.389. The van der Waals surface area contributed by atoms with Crippen molar-refractivity contribution in [2.75, 3.05) is 7.11 Å². The van der Waals surface area contributed by atoms with Crippen LogP contribution in [0.1, 0.15) is 73.0 Å². The van der Waals surface area contributed by atoms with Gasteiger partial charge in [-0.3, -0.25) is 0 Å². The Labute approximate surface area is 141 Å². The number of halogens is 1. The molecule has 0 fully saturated rings. The summed E-state index contributed by atoms with van der Waals surface area (Å²) in [4.78, 5) is 16.7. The molecule has 0 unspecified atom stereocenters. The first-order chi connectivity index (χ1) is 10.2. The number of aromatic nitrogens is 1. The van der Waals surface area contributed by atoms with Gasteiger partial charge < -0.3 is 4.74 Å². The number of carbonyl (C=O) groups is 1. The van der Waals surface area contributed by atoms with Crippen molar-refractivity contribution in [3.05, 3.63) is 26.6 Å². The molecule has 21 heavy (non-hydrogen) atoms. The van der Waals surface area contributed by atoms with Crippen molar-refractivity contribution < 1.29 is 9.53 Å². The lowest BCUT2D eigenvalue weighted by atomic mass is 9.99. The Balaban J connectivity index is 2.26. The molecule has 2 aliphatic rings. The van der Waals surface area contributed by atoms with Crippen LogP contribution in [0.25, 0.3) is 0 Å². The Morgan fingerprint density at radius 2 is 1.62 bits per heavy atom. The number of hydrogen-bond donors (Lipinski definition) is 0. The van der Waals surface area contributed by atoms with E-state index < -0.39 is 0 Å². The van der Waals surface area contributed by atoms with E-state index in [2.05, 4.69) is 22.6 Å². The maximum absolute atomic E-state index is 12.0. The molecule has 0 N–H and O–H groups in total. The molecule has 0 aromatic carbocycles. The monoisotopic (exact) mass is 401 g/mol. The fourth-order valence-electron chi connectivity index (χ4n) is 2.89. The molecular formula is C17H24INO2. The average Bonchev–Trinajstić information content (AvgIpc) is 2.49. The molecule has 2 bridgehead atoms. The maximum Gasteiger partial charge on any atom is 0.339 e. The van der Waals surface area contributed by atoms with Crippen molar-refractivity contribution in [1.82, 2.24) is 4.98 Å². The average molecular weight is 401 g/mol. The van der Waals surface area contributed by atoms with Crippen LogP contribution in [-0.4, -0.2) is 18.1 Å². The molecule has 2 heterocycles. The second kappa shape index (κ2) is 8.71. The molecule has 3 nitrogen and oxygen atoms in total. The molecule has 4 heteroatoms. The summed E-state index contributed by atoms with van der Waals surface area (Å²) in [5, 5.41) is 0. The first-order valence-electron chi connectivity index (χ1n) is 7.99. The second-order valence-corrected chi connectivity index (χ2v) is 6.77. The van der Waals surface area contributed by atoms with Gasteiger partial charge in [0.05, 0.1) is 18.4 Å². The number of methoxy groups -OCH3 is 1. The van der Waals surface area contributed by atoms with Gasteiger partial charge in [0, 0.05) is 0 Å². The summed E-state index contributed by atoms with van der Waals surface area (Å²) in [6, 6.07) is 2.02. The van der Waals surface area contributed by atoms with Crippen LogP contribution in [0.5, 0.6) is 0 Å². The van der Waals surface area contributed by atoms with Crippen molar-refractivity contribution >= 4 is 28.6 Å². The number of carbonyl (C=O) groups excluding carboxylic acids is 1. The van der Waals surface area contributed by atoms with E-state index in [4.69, 9.17) is 9.72 Å². The van der Waals surface area contributed by atoms with Crippen molar-refractivity contribution in [2.45, 2.75) is 64.2 Å². The largest absolute Gasteiger partial charge is 0.465 e. The third-order valence-electron chi connectivity index (χ3n) is 4.14. The van der Waals surface area contributed by atoms with Crippen LogP contribution in [0.3, 0.4) is 0 Å². The Morgan fingerprint density at radius 1 is 1.05 bits per heavy atom. The Morgan fingerprint density at radius 3 is 2.24 bits per heavy atom. The molecule has 1 aromatic rings. The van der Waals surface area contributed by atoms with Crippen LogP contribution in [0.4, 0.5) is 0 Å². The standard InChI is InChI=1S/C17H24INO2/c1-21-17(20)14-12-13-10-8-6-4-2-3-5-7-9-11-15(14)19-16(13)18/h12H,2-11H2,1H3. The molecule has 1 aromatic heterocycles. The first-order valence-corrected chi connectivity index (χ1v) is 9.07. The van der Waals surface area contributed by atoms with Crippen LogP contribution in [-0.2, 0) is 17.6 Å². The lowest BCUT2D eigenvalue weighted by molar-refractivity contribution is 0.0598. The topological polar surface area (TPSA) is 39.2 Å². The van der Waals surface area contributed by atoms with Gasteiger partial charge in [-0.25, -0.2) is 9.78 Å². The summed E-state index contributed by atoms with van der Waals surface area (Å²) in [5.74, 6) is -0.248. The minimum absolute atomic E-state index is 0.248. The van der Waals surface area contributed by atoms with Gasteiger partial charge in [-0.2, -0.15) is 0 Å². The van der Waals surface area contributed by atoms with Crippen LogP contribution in [0, 0.1) is 3.70 Å². The summed E-state index contributed by atoms with van der Waals surface area (Å²) < 4.78 is 5.98. The summed E-state index contributed by atoms with van der Waals surface area (Å²) in [6.07, 6.45) is 12.0. The Hall–Kier alpha value is -0.650. The van der Waals surface area contributed by atoms with Gasteiger partial charge in [-0.15, -0.1) is 0 Å². The SMILES string of the molecule is COC(=O)c1cc2c(I)nc1CCCCCCCCCC2. The molecule has 1 aliphatic heterocycles. The minimum atomic E-state index is -0.248. The number of rotatable bonds is 1. The Bertz CT molecular complexity index is 488. The van der Waals surface area contributed by atoms with Gasteiger partial charge in [-0.1, -0.05) is 38.5 Å². The lowest BCUT2D eigenvalue weighted by Gasteiger charge is -2.13. The van der Waals surface area contributed by atoms with Gasteiger partial charge in [0.2, 0.25) is 0 Å². The smallest absolute Gasteiger partial charge is 0.339 e. The molecule has 0 radical (unpaired) electrons. The van der Waals surface area contributed by atoms with Crippen molar-refractivity contribution in [1.29, 1.82) is 0 Å². The zero-order valence-electron chi connectivity index (χ0n) is 12.8. The normalized spacial score (nSPS) is 17.2. The second-order valence-electron chi connectivity index (χ2n) is 5.75. The molecule has 0 spiro atoms. The third kappa shape index (κ3) is 4.94. The summed E-state index contributed by atoms with van der Waals surface area (Å²) in [6.45, 7) is 0. The minimum Gasteiger partial charge on any atom is -0.465 e. The van der Waals surface area contributed by atoms with Gasteiger partial charge in [0.1, 0.15) is 3.70 Å². The van der Waals surface area contributed by atoms with E-state index in [1.54, 1.807) is 0 Å². The van der Waals surface area contributed by atoms with Gasteiger partial charge in [-0.05, 0) is 59.9 Å². The van der Waals surface area contributed by atoms with Crippen LogP contribution >= 0.6 is 22.6 Å². The number of aryl methyl sites for hydroxylation is 2. The first kappa shape index (κ1) is 16.7. The zero-order valence-corrected chi connectivity index (χ0v) is 14.9. The number of nitrogens with zero attached hydrogens (tertiary/aromatic N) is 1.